The maximum absolute atomic E-state index is 5.40. The molecular formula is C16H11BrN6OS. The van der Waals surface area contributed by atoms with E-state index in [0.29, 0.717) is 10.9 Å². The van der Waals surface area contributed by atoms with E-state index < -0.39 is 0 Å². The molecule has 0 saturated carbocycles. The molecular weight excluding hydrogens is 404 g/mol. The maximum atomic E-state index is 5.40. The molecule has 0 atom stereocenters. The minimum Gasteiger partial charge on any atom is -0.494 e. The molecule has 2 aromatic carbocycles. The zero-order valence-electron chi connectivity index (χ0n) is 13.0. The molecule has 0 unspecified atom stereocenters. The number of rotatable bonds is 4. The van der Waals surface area contributed by atoms with E-state index in [-0.39, 0.29) is 0 Å². The van der Waals surface area contributed by atoms with Gasteiger partial charge in [0.05, 0.1) is 12.6 Å². The number of nitrogens with zero attached hydrogens (tertiary/aromatic N) is 6. The molecule has 9 heteroatoms. The average molecular weight is 415 g/mol. The van der Waals surface area contributed by atoms with Crippen LogP contribution in [0.15, 0.2) is 63.4 Å². The number of tetrazole rings is 1. The highest BCUT2D eigenvalue weighted by molar-refractivity contribution is 9.10. The summed E-state index contributed by atoms with van der Waals surface area (Å²) in [7, 11) is 1.62. The fourth-order valence-electron chi connectivity index (χ4n) is 2.37. The smallest absolute Gasteiger partial charge is 0.220 e. The van der Waals surface area contributed by atoms with E-state index in [1.54, 1.807) is 11.8 Å². The molecule has 0 spiro atoms. The van der Waals surface area contributed by atoms with Crippen molar-refractivity contribution < 1.29 is 4.74 Å². The number of para-hydroxylation sites is 2. The number of ether oxygens (including phenoxy) is 1. The molecule has 2 heterocycles. The Morgan fingerprint density at radius 2 is 2.00 bits per heavy atom. The summed E-state index contributed by atoms with van der Waals surface area (Å²) in [6, 6.07) is 13.4. The van der Waals surface area contributed by atoms with E-state index in [2.05, 4.69) is 41.4 Å². The van der Waals surface area contributed by atoms with E-state index in [1.165, 1.54) is 18.1 Å². The number of hydrogen-bond acceptors (Lipinski definition) is 7. The second-order valence-corrected chi connectivity index (χ2v) is 6.86. The topological polar surface area (TPSA) is 78.6 Å². The summed E-state index contributed by atoms with van der Waals surface area (Å²) >= 11 is 4.86. The first kappa shape index (κ1) is 16.0. The van der Waals surface area contributed by atoms with E-state index >= 15 is 0 Å². The monoisotopic (exact) mass is 414 g/mol. The van der Waals surface area contributed by atoms with Gasteiger partial charge in [0.1, 0.15) is 22.8 Å². The lowest BCUT2D eigenvalue weighted by Crippen LogP contribution is -2.02. The van der Waals surface area contributed by atoms with Gasteiger partial charge < -0.3 is 4.74 Å². The van der Waals surface area contributed by atoms with Crippen molar-refractivity contribution in [1.82, 2.24) is 30.2 Å². The Morgan fingerprint density at radius 3 is 2.88 bits per heavy atom. The largest absolute Gasteiger partial charge is 0.494 e. The Labute approximate surface area is 155 Å². The molecule has 0 bridgehead atoms. The second-order valence-electron chi connectivity index (χ2n) is 4.99. The number of fused-ring (bicyclic) bond motifs is 1. The summed E-state index contributed by atoms with van der Waals surface area (Å²) in [6.45, 7) is 0. The third-order valence-electron chi connectivity index (χ3n) is 3.50. The fraction of sp³-hybridized carbons (Fsp3) is 0.0625. The zero-order chi connectivity index (χ0) is 17.2. The van der Waals surface area contributed by atoms with E-state index in [1.807, 2.05) is 42.5 Å². The highest BCUT2D eigenvalue weighted by atomic mass is 79.9. The first-order chi connectivity index (χ1) is 12.3. The highest BCUT2D eigenvalue weighted by Crippen LogP contribution is 2.33. The minimum absolute atomic E-state index is 0.587. The lowest BCUT2D eigenvalue weighted by Gasteiger charge is -2.09. The van der Waals surface area contributed by atoms with Crippen molar-refractivity contribution in [2.24, 2.45) is 0 Å². The third kappa shape index (κ3) is 3.08. The molecule has 7 nitrogen and oxygen atoms in total. The van der Waals surface area contributed by atoms with Crippen LogP contribution in [0.1, 0.15) is 0 Å². The second kappa shape index (κ2) is 6.77. The van der Waals surface area contributed by atoms with Gasteiger partial charge in [0.2, 0.25) is 5.16 Å². The first-order valence-electron chi connectivity index (χ1n) is 7.26. The van der Waals surface area contributed by atoms with Crippen LogP contribution in [0, 0.1) is 0 Å². The van der Waals surface area contributed by atoms with E-state index in [9.17, 15) is 0 Å². The van der Waals surface area contributed by atoms with Gasteiger partial charge in [-0.15, -0.1) is 5.10 Å². The minimum atomic E-state index is 0.587. The molecule has 124 valence electrons. The van der Waals surface area contributed by atoms with Gasteiger partial charge >= 0.3 is 0 Å². The molecule has 0 radical (unpaired) electrons. The van der Waals surface area contributed by atoms with Crippen LogP contribution in [-0.4, -0.2) is 37.3 Å². The molecule has 0 fully saturated rings. The predicted molar refractivity (Wildman–Crippen MR) is 97.1 cm³/mol. The van der Waals surface area contributed by atoms with Crippen molar-refractivity contribution in [3.05, 3.63) is 53.3 Å². The highest BCUT2D eigenvalue weighted by Gasteiger charge is 2.16. The normalized spacial score (nSPS) is 11.0. The zero-order valence-corrected chi connectivity index (χ0v) is 15.4. The summed E-state index contributed by atoms with van der Waals surface area (Å²) in [5.74, 6) is 0.687. The van der Waals surface area contributed by atoms with E-state index in [0.717, 1.165) is 26.1 Å². The number of halogens is 1. The Kier molecular flexibility index (Phi) is 4.33. The Hall–Kier alpha value is -2.52. The first-order valence-corrected chi connectivity index (χ1v) is 8.87. The van der Waals surface area contributed by atoms with Crippen LogP contribution in [0.25, 0.3) is 16.6 Å². The number of hydrogen-bond donors (Lipinski definition) is 0. The van der Waals surface area contributed by atoms with Crippen LogP contribution >= 0.6 is 27.7 Å². The van der Waals surface area contributed by atoms with Gasteiger partial charge in [0.15, 0.2) is 0 Å². The molecule has 4 aromatic rings. The summed E-state index contributed by atoms with van der Waals surface area (Å²) in [6.07, 6.45) is 1.54. The molecule has 0 amide bonds. The summed E-state index contributed by atoms with van der Waals surface area (Å²) in [5, 5.41) is 14.3. The number of methoxy groups -OCH3 is 1. The van der Waals surface area contributed by atoms with Crippen molar-refractivity contribution in [3.63, 3.8) is 0 Å². The summed E-state index contributed by atoms with van der Waals surface area (Å²) in [4.78, 5) is 8.69. The SMILES string of the molecule is COc1ccccc1-n1nnnc1Sc1ncnc2ccc(Br)cc12. The van der Waals surface area contributed by atoms with Gasteiger partial charge in [-0.2, -0.15) is 4.68 Å². The molecule has 0 N–H and O–H groups in total. The third-order valence-corrected chi connectivity index (χ3v) is 4.95. The van der Waals surface area contributed by atoms with Gasteiger partial charge in [0, 0.05) is 9.86 Å². The van der Waals surface area contributed by atoms with Gasteiger partial charge in [-0.3, -0.25) is 0 Å². The van der Waals surface area contributed by atoms with Gasteiger partial charge in [-0.1, -0.05) is 28.1 Å². The van der Waals surface area contributed by atoms with Crippen LogP contribution in [-0.2, 0) is 0 Å². The Balaban J connectivity index is 1.79. The van der Waals surface area contributed by atoms with Crippen molar-refractivity contribution in [2.75, 3.05) is 7.11 Å². The quantitative estimate of drug-likeness (QED) is 0.472. The molecule has 25 heavy (non-hydrogen) atoms. The van der Waals surface area contributed by atoms with Crippen LogP contribution in [0.3, 0.4) is 0 Å². The summed E-state index contributed by atoms with van der Waals surface area (Å²) < 4.78 is 8.00. The van der Waals surface area contributed by atoms with Crippen LogP contribution < -0.4 is 4.74 Å². The molecule has 0 saturated heterocycles. The van der Waals surface area contributed by atoms with Gasteiger partial charge in [0.25, 0.3) is 0 Å². The Morgan fingerprint density at radius 1 is 1.12 bits per heavy atom. The standard InChI is InChI=1S/C16H11BrN6OS/c1-24-14-5-3-2-4-13(14)23-16(20-21-22-23)25-15-11-8-10(17)6-7-12(11)18-9-19-15/h2-9H,1H3. The molecule has 0 aliphatic rings. The lowest BCUT2D eigenvalue weighted by atomic mass is 10.2. The fourth-order valence-corrected chi connectivity index (χ4v) is 3.58. The molecule has 0 aliphatic carbocycles. The molecule has 4 rings (SSSR count). The number of aromatic nitrogens is 6. The predicted octanol–water partition coefficient (Wildman–Crippen LogP) is 3.53. The average Bonchev–Trinajstić information content (AvgIpc) is 3.10. The molecule has 0 aliphatic heterocycles. The van der Waals surface area contributed by atoms with Crippen LogP contribution in [0.4, 0.5) is 0 Å². The molecule has 2 aromatic heterocycles. The number of benzene rings is 2. The maximum Gasteiger partial charge on any atom is 0.220 e. The van der Waals surface area contributed by atoms with Crippen LogP contribution in [0.2, 0.25) is 0 Å². The van der Waals surface area contributed by atoms with Crippen molar-refractivity contribution in [3.8, 4) is 11.4 Å². The van der Waals surface area contributed by atoms with Crippen molar-refractivity contribution in [2.45, 2.75) is 10.2 Å². The van der Waals surface area contributed by atoms with Crippen molar-refractivity contribution in [1.29, 1.82) is 0 Å². The summed E-state index contributed by atoms with van der Waals surface area (Å²) in [5.41, 5.74) is 1.62. The van der Waals surface area contributed by atoms with Crippen molar-refractivity contribution >= 4 is 38.6 Å². The van der Waals surface area contributed by atoms with E-state index in [4.69, 9.17) is 4.74 Å². The Bertz CT molecular complexity index is 1050. The lowest BCUT2D eigenvalue weighted by molar-refractivity contribution is 0.410. The van der Waals surface area contributed by atoms with Crippen LogP contribution in [0.5, 0.6) is 5.75 Å². The van der Waals surface area contributed by atoms with Gasteiger partial charge in [-0.05, 0) is 52.5 Å². The van der Waals surface area contributed by atoms with Gasteiger partial charge in [-0.25, -0.2) is 9.97 Å².